The number of fused-ring (bicyclic) bond motifs is 1. The van der Waals surface area contributed by atoms with Gasteiger partial charge in [0.15, 0.2) is 0 Å². The molecular weight excluding hydrogens is 192 g/mol. The third-order valence-electron chi connectivity index (χ3n) is 2.57. The third-order valence-corrected chi connectivity index (χ3v) is 2.57. The molecule has 15 heavy (non-hydrogen) atoms. The molecule has 0 amide bonds. The normalized spacial score (nSPS) is 12.9. The standard InChI is InChI=1S/C11H12N2O2/c1-7(11(14)15)10-8(2)12-13-6-4-3-5-9(10)13/h3-7H,1-2H3,(H,14,15). The number of pyridine rings is 1. The largest absolute Gasteiger partial charge is 0.481 e. The van der Waals surface area contributed by atoms with E-state index in [1.165, 1.54) is 0 Å². The molecule has 1 unspecified atom stereocenters. The van der Waals surface area contributed by atoms with E-state index >= 15 is 0 Å². The molecule has 0 spiro atoms. The Balaban J connectivity index is 2.68. The Morgan fingerprint density at radius 3 is 2.93 bits per heavy atom. The zero-order valence-electron chi connectivity index (χ0n) is 8.64. The summed E-state index contributed by atoms with van der Waals surface area (Å²) in [7, 11) is 0. The van der Waals surface area contributed by atoms with Gasteiger partial charge in [0.2, 0.25) is 0 Å². The number of carboxylic acids is 1. The maximum atomic E-state index is 11.0. The number of aliphatic carboxylic acids is 1. The molecule has 1 N–H and O–H groups in total. The third kappa shape index (κ3) is 1.48. The highest BCUT2D eigenvalue weighted by molar-refractivity contribution is 5.79. The first-order valence-electron chi connectivity index (χ1n) is 4.78. The number of carbonyl (C=O) groups is 1. The Morgan fingerprint density at radius 2 is 2.27 bits per heavy atom. The number of carboxylic acid groups (broad SMARTS) is 1. The van der Waals surface area contributed by atoms with Crippen molar-refractivity contribution in [2.45, 2.75) is 19.8 Å². The SMILES string of the molecule is Cc1nn2ccccc2c1C(C)C(=O)O. The molecule has 2 aromatic heterocycles. The lowest BCUT2D eigenvalue weighted by Crippen LogP contribution is -2.08. The van der Waals surface area contributed by atoms with Gasteiger partial charge in [0, 0.05) is 11.8 Å². The summed E-state index contributed by atoms with van der Waals surface area (Å²) < 4.78 is 1.71. The smallest absolute Gasteiger partial charge is 0.310 e. The first kappa shape index (κ1) is 9.71. The van der Waals surface area contributed by atoms with E-state index in [2.05, 4.69) is 5.10 Å². The number of hydrogen-bond acceptors (Lipinski definition) is 2. The second-order valence-electron chi connectivity index (χ2n) is 3.59. The van der Waals surface area contributed by atoms with Crippen LogP contribution in [0.1, 0.15) is 24.1 Å². The molecule has 0 fully saturated rings. The predicted octanol–water partition coefficient (Wildman–Crippen LogP) is 1.83. The number of aryl methyl sites for hydroxylation is 1. The van der Waals surface area contributed by atoms with Gasteiger partial charge < -0.3 is 5.11 Å². The molecule has 0 aliphatic carbocycles. The van der Waals surface area contributed by atoms with Crippen molar-refractivity contribution in [3.63, 3.8) is 0 Å². The fraction of sp³-hybridized carbons (Fsp3) is 0.273. The summed E-state index contributed by atoms with van der Waals surface area (Å²) in [5.41, 5.74) is 2.43. The monoisotopic (exact) mass is 204 g/mol. The van der Waals surface area contributed by atoms with Crippen LogP contribution < -0.4 is 0 Å². The van der Waals surface area contributed by atoms with Crippen LogP contribution >= 0.6 is 0 Å². The molecule has 2 heterocycles. The summed E-state index contributed by atoms with van der Waals surface area (Å²) in [5.74, 6) is -1.35. The van der Waals surface area contributed by atoms with Crippen LogP contribution in [0, 0.1) is 6.92 Å². The lowest BCUT2D eigenvalue weighted by Gasteiger charge is -2.04. The first-order chi connectivity index (χ1) is 7.11. The maximum Gasteiger partial charge on any atom is 0.310 e. The van der Waals surface area contributed by atoms with Gasteiger partial charge in [-0.05, 0) is 26.0 Å². The van der Waals surface area contributed by atoms with Crippen molar-refractivity contribution in [3.8, 4) is 0 Å². The Labute approximate surface area is 87.2 Å². The molecule has 0 aliphatic heterocycles. The minimum absolute atomic E-state index is 0.523. The summed E-state index contributed by atoms with van der Waals surface area (Å²) in [6.07, 6.45) is 1.82. The van der Waals surface area contributed by atoms with E-state index in [1.807, 2.05) is 31.3 Å². The summed E-state index contributed by atoms with van der Waals surface area (Å²) >= 11 is 0. The second kappa shape index (κ2) is 3.38. The Bertz CT molecular complexity index is 516. The van der Waals surface area contributed by atoms with Crippen molar-refractivity contribution in [1.82, 2.24) is 9.61 Å². The van der Waals surface area contributed by atoms with Gasteiger partial charge in [-0.25, -0.2) is 4.52 Å². The van der Waals surface area contributed by atoms with E-state index in [4.69, 9.17) is 5.11 Å². The Hall–Kier alpha value is -1.84. The second-order valence-corrected chi connectivity index (χ2v) is 3.59. The molecule has 0 aliphatic rings. The number of hydrogen-bond donors (Lipinski definition) is 1. The molecule has 0 aromatic carbocycles. The molecule has 0 bridgehead atoms. The highest BCUT2D eigenvalue weighted by Crippen LogP contribution is 2.24. The van der Waals surface area contributed by atoms with Crippen molar-refractivity contribution in [2.75, 3.05) is 0 Å². The molecule has 0 radical (unpaired) electrons. The van der Waals surface area contributed by atoms with Crippen LogP contribution in [-0.2, 0) is 4.79 Å². The topological polar surface area (TPSA) is 54.6 Å². The highest BCUT2D eigenvalue weighted by atomic mass is 16.4. The number of rotatable bonds is 2. The van der Waals surface area contributed by atoms with Crippen LogP contribution in [-0.4, -0.2) is 20.7 Å². The first-order valence-corrected chi connectivity index (χ1v) is 4.78. The zero-order chi connectivity index (χ0) is 11.0. The Morgan fingerprint density at radius 1 is 1.53 bits per heavy atom. The average Bonchev–Trinajstić information content (AvgIpc) is 2.52. The predicted molar refractivity (Wildman–Crippen MR) is 56.0 cm³/mol. The van der Waals surface area contributed by atoms with Crippen LogP contribution in [0.5, 0.6) is 0 Å². The van der Waals surface area contributed by atoms with Crippen LogP contribution in [0.25, 0.3) is 5.52 Å². The summed E-state index contributed by atoms with van der Waals surface area (Å²) in [6, 6.07) is 5.64. The van der Waals surface area contributed by atoms with Crippen LogP contribution in [0.4, 0.5) is 0 Å². The van der Waals surface area contributed by atoms with Gasteiger partial charge in [-0.1, -0.05) is 6.07 Å². The van der Waals surface area contributed by atoms with Gasteiger partial charge in [-0.2, -0.15) is 5.10 Å². The van der Waals surface area contributed by atoms with Crippen LogP contribution in [0.3, 0.4) is 0 Å². The van der Waals surface area contributed by atoms with Gasteiger partial charge in [0.1, 0.15) is 0 Å². The van der Waals surface area contributed by atoms with Crippen LogP contribution in [0.15, 0.2) is 24.4 Å². The fourth-order valence-corrected chi connectivity index (χ4v) is 1.79. The summed E-state index contributed by atoms with van der Waals surface area (Å²) in [6.45, 7) is 3.51. The molecule has 0 saturated carbocycles. The summed E-state index contributed by atoms with van der Waals surface area (Å²) in [5, 5.41) is 13.3. The summed E-state index contributed by atoms with van der Waals surface area (Å²) in [4.78, 5) is 11.0. The van der Waals surface area contributed by atoms with Crippen molar-refractivity contribution in [3.05, 3.63) is 35.7 Å². The van der Waals surface area contributed by atoms with Gasteiger partial charge >= 0.3 is 5.97 Å². The molecule has 0 saturated heterocycles. The van der Waals surface area contributed by atoms with E-state index in [0.717, 1.165) is 16.8 Å². The highest BCUT2D eigenvalue weighted by Gasteiger charge is 2.21. The molecule has 4 nitrogen and oxygen atoms in total. The van der Waals surface area contributed by atoms with E-state index in [-0.39, 0.29) is 0 Å². The molecule has 2 aromatic rings. The lowest BCUT2D eigenvalue weighted by atomic mass is 10.0. The van der Waals surface area contributed by atoms with E-state index in [1.54, 1.807) is 11.4 Å². The van der Waals surface area contributed by atoms with Crippen molar-refractivity contribution >= 4 is 11.5 Å². The fourth-order valence-electron chi connectivity index (χ4n) is 1.79. The van der Waals surface area contributed by atoms with Crippen molar-refractivity contribution < 1.29 is 9.90 Å². The van der Waals surface area contributed by atoms with Gasteiger partial charge in [-0.15, -0.1) is 0 Å². The minimum Gasteiger partial charge on any atom is -0.481 e. The van der Waals surface area contributed by atoms with Crippen LogP contribution in [0.2, 0.25) is 0 Å². The minimum atomic E-state index is -0.822. The van der Waals surface area contributed by atoms with Gasteiger partial charge in [0.05, 0.1) is 17.1 Å². The van der Waals surface area contributed by atoms with Crippen molar-refractivity contribution in [1.29, 1.82) is 0 Å². The number of aromatic nitrogens is 2. The molecule has 1 atom stereocenters. The molecular formula is C11H12N2O2. The maximum absolute atomic E-state index is 11.0. The van der Waals surface area contributed by atoms with Gasteiger partial charge in [-0.3, -0.25) is 4.79 Å². The van der Waals surface area contributed by atoms with Gasteiger partial charge in [0.25, 0.3) is 0 Å². The van der Waals surface area contributed by atoms with Crippen molar-refractivity contribution in [2.24, 2.45) is 0 Å². The Kier molecular flexibility index (Phi) is 2.19. The molecule has 4 heteroatoms. The molecule has 2 rings (SSSR count). The molecule has 78 valence electrons. The number of nitrogens with zero attached hydrogens (tertiary/aromatic N) is 2. The quantitative estimate of drug-likeness (QED) is 0.811. The van der Waals surface area contributed by atoms with E-state index < -0.39 is 11.9 Å². The average molecular weight is 204 g/mol. The van der Waals surface area contributed by atoms with E-state index in [0.29, 0.717) is 0 Å². The van der Waals surface area contributed by atoms with E-state index in [9.17, 15) is 4.79 Å². The zero-order valence-corrected chi connectivity index (χ0v) is 8.64. The lowest BCUT2D eigenvalue weighted by molar-refractivity contribution is -0.138.